The van der Waals surface area contributed by atoms with Crippen LogP contribution in [0.15, 0.2) is 0 Å². The van der Waals surface area contributed by atoms with Crippen molar-refractivity contribution in [3.8, 4) is 0 Å². The molecule has 0 unspecified atom stereocenters. The minimum absolute atomic E-state index is 0.784. The Kier molecular flexibility index (Phi) is 17.6. The van der Waals surface area contributed by atoms with Crippen LogP contribution < -0.4 is 0 Å². The van der Waals surface area contributed by atoms with Gasteiger partial charge in [-0.15, -0.1) is 0 Å². The summed E-state index contributed by atoms with van der Waals surface area (Å²) < 4.78 is 0. The monoisotopic (exact) mass is 344 g/mol. The summed E-state index contributed by atoms with van der Waals surface area (Å²) in [6.45, 7) is 9.80. The topological polar surface area (TPSA) is 0 Å². The van der Waals surface area contributed by atoms with Crippen LogP contribution in [0.25, 0.3) is 0 Å². The summed E-state index contributed by atoms with van der Waals surface area (Å²) in [5.41, 5.74) is 0. The fourth-order valence-corrected chi connectivity index (χ4v) is 4.89. The van der Waals surface area contributed by atoms with Gasteiger partial charge in [-0.1, -0.05) is 39.0 Å². The predicted octanol–water partition coefficient (Wildman–Crippen LogP) is 8.28. The molecule has 0 aliphatic carbocycles. The van der Waals surface area contributed by atoms with Crippen LogP contribution >= 0.6 is 7.26 Å². The fourth-order valence-electron chi connectivity index (χ4n) is 3.33. The molecule has 1 heteroatoms. The first-order valence-corrected chi connectivity index (χ1v) is 14.5. The third kappa shape index (κ3) is 18.6. The van der Waals surface area contributed by atoms with Crippen LogP contribution in [0, 0.1) is 0 Å². The van der Waals surface area contributed by atoms with Gasteiger partial charge in [0, 0.05) is 0 Å². The van der Waals surface area contributed by atoms with Crippen molar-refractivity contribution in [2.24, 2.45) is 0 Å². The van der Waals surface area contributed by atoms with Crippen LogP contribution in [0.1, 0.15) is 117 Å². The molecular formula is C22H49P. The van der Waals surface area contributed by atoms with Gasteiger partial charge >= 0.3 is 110 Å². The van der Waals surface area contributed by atoms with Crippen LogP contribution in [0.2, 0.25) is 0 Å². The molecule has 0 radical (unpaired) electrons. The Morgan fingerprint density at radius 2 is 0.739 bits per heavy atom. The van der Waals surface area contributed by atoms with Crippen molar-refractivity contribution in [2.45, 2.75) is 117 Å². The summed E-state index contributed by atoms with van der Waals surface area (Å²) >= 11 is 0. The van der Waals surface area contributed by atoms with Crippen molar-refractivity contribution < 1.29 is 0 Å². The molecule has 0 N–H and O–H groups in total. The summed E-state index contributed by atoms with van der Waals surface area (Å²) in [7, 11) is -0.784. The molecule has 23 heavy (non-hydrogen) atoms. The van der Waals surface area contributed by atoms with Crippen LogP contribution in [0.5, 0.6) is 0 Å². The van der Waals surface area contributed by atoms with Crippen molar-refractivity contribution in [2.75, 3.05) is 25.7 Å². The quantitative estimate of drug-likeness (QED) is 0.173. The second kappa shape index (κ2) is 17.3. The molecule has 0 atom stereocenters. The molecule has 0 amide bonds. The number of hydrogen-bond donors (Lipinski definition) is 0. The van der Waals surface area contributed by atoms with Crippen molar-refractivity contribution >= 4 is 7.26 Å². The van der Waals surface area contributed by atoms with Gasteiger partial charge in [-0.3, -0.25) is 0 Å². The zero-order chi connectivity index (χ0) is 17.2. The van der Waals surface area contributed by atoms with Crippen LogP contribution in [0.3, 0.4) is 0 Å². The standard InChI is InChI=1S/C22H49P/c1-5-7-8-9-10-11-12-13-14-15-16-17-18-19-20-21-22-23(3,4)6-2/h23H,5-22H2,1-4H3. The Balaban J connectivity index is 3.05. The molecule has 0 aromatic carbocycles. The maximum absolute atomic E-state index is 2.55. The van der Waals surface area contributed by atoms with E-state index in [-0.39, 0.29) is 0 Å². The van der Waals surface area contributed by atoms with Crippen molar-refractivity contribution in [1.82, 2.24) is 0 Å². The Morgan fingerprint density at radius 3 is 1.04 bits per heavy atom. The minimum atomic E-state index is -0.784. The Morgan fingerprint density at radius 1 is 0.435 bits per heavy atom. The third-order valence-electron chi connectivity index (χ3n) is 5.66. The van der Waals surface area contributed by atoms with Crippen molar-refractivity contribution in [3.05, 3.63) is 0 Å². The molecule has 0 aromatic heterocycles. The Labute approximate surface area is 149 Å². The van der Waals surface area contributed by atoms with Crippen molar-refractivity contribution in [3.63, 3.8) is 0 Å². The van der Waals surface area contributed by atoms with Gasteiger partial charge < -0.3 is 0 Å². The van der Waals surface area contributed by atoms with E-state index in [9.17, 15) is 0 Å². The molecule has 0 fully saturated rings. The van der Waals surface area contributed by atoms with Gasteiger partial charge in [-0.2, -0.15) is 0 Å². The van der Waals surface area contributed by atoms with E-state index in [4.69, 9.17) is 0 Å². The zero-order valence-electron chi connectivity index (χ0n) is 17.2. The molecule has 0 aliphatic heterocycles. The molecule has 0 saturated heterocycles. The van der Waals surface area contributed by atoms with E-state index in [0.29, 0.717) is 0 Å². The number of unbranched alkanes of at least 4 members (excludes halogenated alkanes) is 15. The second-order valence-corrected chi connectivity index (χ2v) is 14.1. The van der Waals surface area contributed by atoms with E-state index in [2.05, 4.69) is 27.2 Å². The summed E-state index contributed by atoms with van der Waals surface area (Å²) in [4.78, 5) is 0. The van der Waals surface area contributed by atoms with Gasteiger partial charge in [0.2, 0.25) is 0 Å². The van der Waals surface area contributed by atoms with Gasteiger partial charge in [0.1, 0.15) is 0 Å². The van der Waals surface area contributed by atoms with Gasteiger partial charge in [-0.05, 0) is 0 Å². The zero-order valence-corrected chi connectivity index (χ0v) is 18.2. The van der Waals surface area contributed by atoms with E-state index in [1.54, 1.807) is 6.16 Å². The average molecular weight is 345 g/mol. The molecule has 0 rings (SSSR count). The molecular weight excluding hydrogens is 295 g/mol. The molecule has 0 nitrogen and oxygen atoms in total. The van der Waals surface area contributed by atoms with Gasteiger partial charge in [0.15, 0.2) is 0 Å². The van der Waals surface area contributed by atoms with Crippen LogP contribution in [-0.2, 0) is 0 Å². The van der Waals surface area contributed by atoms with E-state index < -0.39 is 7.26 Å². The molecule has 0 spiro atoms. The molecule has 0 aliphatic rings. The van der Waals surface area contributed by atoms with Gasteiger partial charge in [0.25, 0.3) is 0 Å². The van der Waals surface area contributed by atoms with E-state index in [1.165, 1.54) is 109 Å². The maximum atomic E-state index is 2.55. The van der Waals surface area contributed by atoms with Gasteiger partial charge in [0.05, 0.1) is 0 Å². The second-order valence-electron chi connectivity index (χ2n) is 8.57. The predicted molar refractivity (Wildman–Crippen MR) is 115 cm³/mol. The van der Waals surface area contributed by atoms with E-state index >= 15 is 0 Å². The van der Waals surface area contributed by atoms with Crippen LogP contribution in [0.4, 0.5) is 0 Å². The fraction of sp³-hybridized carbons (Fsp3) is 1.00. The molecule has 0 bridgehead atoms. The SMILES string of the molecule is CCCCCCCCCCCCCCCCCC[PH](C)(C)CC. The Bertz CT molecular complexity index is 222. The van der Waals surface area contributed by atoms with Crippen molar-refractivity contribution in [1.29, 1.82) is 0 Å². The summed E-state index contributed by atoms with van der Waals surface area (Å²) in [5, 5.41) is 0. The molecule has 142 valence electrons. The average Bonchev–Trinajstić information content (AvgIpc) is 2.54. The van der Waals surface area contributed by atoms with Gasteiger partial charge in [-0.25, -0.2) is 0 Å². The number of hydrogen-bond acceptors (Lipinski definition) is 0. The third-order valence-corrected chi connectivity index (χ3v) is 9.29. The molecule has 0 saturated carbocycles. The number of rotatable bonds is 18. The normalized spacial score (nSPS) is 12.7. The first kappa shape index (κ1) is 23.4. The van der Waals surface area contributed by atoms with E-state index in [0.717, 1.165) is 0 Å². The van der Waals surface area contributed by atoms with Crippen LogP contribution in [-0.4, -0.2) is 25.7 Å². The summed E-state index contributed by atoms with van der Waals surface area (Å²) in [5.74, 6) is 0. The molecule has 0 heterocycles. The first-order valence-electron chi connectivity index (χ1n) is 11.1. The van der Waals surface area contributed by atoms with E-state index in [1.807, 2.05) is 0 Å². The summed E-state index contributed by atoms with van der Waals surface area (Å²) in [6.07, 6.45) is 26.7. The molecule has 0 aromatic rings. The Hall–Kier alpha value is 0.430. The summed E-state index contributed by atoms with van der Waals surface area (Å²) in [6, 6.07) is 0. The first-order chi connectivity index (χ1) is 11.1.